The first-order valence-electron chi connectivity index (χ1n) is 8.39. The Kier molecular flexibility index (Phi) is 6.76. The zero-order chi connectivity index (χ0) is 20.4. The Morgan fingerprint density at radius 3 is 2.54 bits per heavy atom. The molecule has 0 bridgehead atoms. The van der Waals surface area contributed by atoms with E-state index >= 15 is 0 Å². The molecule has 2 aromatic carbocycles. The minimum Gasteiger partial charge on any atom is -0.488 e. The smallest absolute Gasteiger partial charge is 0.293 e. The summed E-state index contributed by atoms with van der Waals surface area (Å²) >= 11 is 16.4. The predicted molar refractivity (Wildman–Crippen MR) is 118 cm³/mol. The van der Waals surface area contributed by atoms with Gasteiger partial charge in [0.1, 0.15) is 12.4 Å². The molecule has 0 N–H and O–H groups in total. The van der Waals surface area contributed by atoms with Gasteiger partial charge in [-0.25, -0.2) is 0 Å². The fraction of sp³-hybridized carbons (Fsp3) is 0.200. The Hall–Kier alpha value is -1.47. The number of benzene rings is 2. The topological polar surface area (TPSA) is 46.6 Å². The van der Waals surface area contributed by atoms with Crippen molar-refractivity contribution in [3.05, 3.63) is 66.9 Å². The van der Waals surface area contributed by atoms with Crippen LogP contribution < -0.4 is 4.74 Å². The number of carbonyl (C=O) groups is 2. The van der Waals surface area contributed by atoms with Gasteiger partial charge in [-0.3, -0.25) is 14.5 Å². The van der Waals surface area contributed by atoms with Crippen LogP contribution in [0.1, 0.15) is 25.0 Å². The molecule has 1 heterocycles. The van der Waals surface area contributed by atoms with Crippen LogP contribution in [0.3, 0.4) is 0 Å². The number of thioether (sulfide) groups is 1. The summed E-state index contributed by atoms with van der Waals surface area (Å²) in [5.41, 5.74) is 1.56. The third-order valence-corrected chi connectivity index (χ3v) is 6.09. The summed E-state index contributed by atoms with van der Waals surface area (Å²) in [6.45, 7) is 3.90. The Bertz CT molecular complexity index is 978. The van der Waals surface area contributed by atoms with Gasteiger partial charge in [0.2, 0.25) is 0 Å². The zero-order valence-electron chi connectivity index (χ0n) is 15.0. The van der Waals surface area contributed by atoms with Gasteiger partial charge >= 0.3 is 0 Å². The zero-order valence-corrected chi connectivity index (χ0v) is 19.0. The van der Waals surface area contributed by atoms with E-state index in [2.05, 4.69) is 15.9 Å². The molecule has 0 radical (unpaired) electrons. The number of hydrogen-bond donors (Lipinski definition) is 0. The normalized spacial score (nSPS) is 15.8. The molecule has 1 aliphatic heterocycles. The number of carbonyl (C=O) groups excluding carboxylic acids is 2. The third-order valence-electron chi connectivity index (χ3n) is 3.98. The van der Waals surface area contributed by atoms with Gasteiger partial charge in [0.25, 0.3) is 11.1 Å². The van der Waals surface area contributed by atoms with E-state index in [1.54, 1.807) is 24.3 Å². The van der Waals surface area contributed by atoms with Crippen LogP contribution in [0.15, 0.2) is 45.8 Å². The van der Waals surface area contributed by atoms with Gasteiger partial charge in [0.05, 0.1) is 15.0 Å². The Labute approximate surface area is 186 Å². The summed E-state index contributed by atoms with van der Waals surface area (Å²) in [5, 5.41) is 0.677. The average Bonchev–Trinajstić information content (AvgIpc) is 2.90. The number of halogens is 3. The highest BCUT2D eigenvalue weighted by atomic mass is 79.9. The third kappa shape index (κ3) is 4.74. The van der Waals surface area contributed by atoms with Crippen molar-refractivity contribution in [2.75, 3.05) is 0 Å². The molecule has 28 heavy (non-hydrogen) atoms. The maximum atomic E-state index is 12.5. The predicted octanol–water partition coefficient (Wildman–Crippen LogP) is 6.78. The minimum absolute atomic E-state index is 0.189. The molecule has 0 aromatic heterocycles. The number of amides is 2. The van der Waals surface area contributed by atoms with Gasteiger partial charge in [-0.15, -0.1) is 0 Å². The van der Waals surface area contributed by atoms with Crippen molar-refractivity contribution in [3.8, 4) is 5.75 Å². The summed E-state index contributed by atoms with van der Waals surface area (Å²) in [6, 6.07) is 10.6. The maximum absolute atomic E-state index is 12.5. The summed E-state index contributed by atoms with van der Waals surface area (Å²) in [7, 11) is 0. The maximum Gasteiger partial charge on any atom is 0.293 e. The average molecular weight is 501 g/mol. The molecular weight excluding hydrogens is 485 g/mol. The molecule has 1 aliphatic rings. The summed E-state index contributed by atoms with van der Waals surface area (Å²) in [4.78, 5) is 26.3. The standard InChI is InChI=1S/C20H16BrCl2NO3S/c1-11(2)24-19(25)18(28-20(24)26)9-13-8-14(21)4-6-17(13)27-10-12-3-5-15(22)16(23)7-12/h3-9,11H,10H2,1-2H3/b18-9+. The highest BCUT2D eigenvalue weighted by Crippen LogP contribution is 2.36. The van der Waals surface area contributed by atoms with Crippen LogP contribution in [0.5, 0.6) is 5.75 Å². The second-order valence-corrected chi connectivity index (χ2v) is 9.09. The Morgan fingerprint density at radius 2 is 1.89 bits per heavy atom. The van der Waals surface area contributed by atoms with Crippen molar-refractivity contribution >= 4 is 68.1 Å². The van der Waals surface area contributed by atoms with Crippen LogP contribution >= 0.6 is 50.9 Å². The number of rotatable bonds is 5. The van der Waals surface area contributed by atoms with E-state index in [9.17, 15) is 9.59 Å². The second-order valence-electron chi connectivity index (χ2n) is 6.36. The minimum atomic E-state index is -0.291. The van der Waals surface area contributed by atoms with E-state index in [4.69, 9.17) is 27.9 Å². The molecule has 8 heteroatoms. The van der Waals surface area contributed by atoms with Crippen LogP contribution in [0.4, 0.5) is 4.79 Å². The van der Waals surface area contributed by atoms with Crippen molar-refractivity contribution in [1.82, 2.24) is 4.90 Å². The molecule has 146 valence electrons. The van der Waals surface area contributed by atoms with E-state index < -0.39 is 0 Å². The van der Waals surface area contributed by atoms with E-state index in [1.165, 1.54) is 4.90 Å². The molecule has 0 aliphatic carbocycles. The molecular formula is C20H16BrCl2NO3S. The van der Waals surface area contributed by atoms with Gasteiger partial charge in [-0.2, -0.15) is 0 Å². The molecule has 2 amide bonds. The van der Waals surface area contributed by atoms with E-state index in [-0.39, 0.29) is 23.8 Å². The lowest BCUT2D eigenvalue weighted by Crippen LogP contribution is -2.34. The molecule has 3 rings (SSSR count). The Morgan fingerprint density at radius 1 is 1.14 bits per heavy atom. The fourth-order valence-electron chi connectivity index (χ4n) is 2.62. The summed E-state index contributed by atoms with van der Waals surface area (Å²) in [5.74, 6) is 0.297. The quantitative estimate of drug-likeness (QED) is 0.424. The van der Waals surface area contributed by atoms with Gasteiger partial charge in [0.15, 0.2) is 0 Å². The highest BCUT2D eigenvalue weighted by molar-refractivity contribution is 9.10. The lowest BCUT2D eigenvalue weighted by atomic mass is 10.1. The van der Waals surface area contributed by atoms with Crippen LogP contribution in [0, 0.1) is 0 Å². The van der Waals surface area contributed by atoms with Crippen LogP contribution in [0.25, 0.3) is 6.08 Å². The molecule has 4 nitrogen and oxygen atoms in total. The highest BCUT2D eigenvalue weighted by Gasteiger charge is 2.36. The Balaban J connectivity index is 1.86. The van der Waals surface area contributed by atoms with E-state index in [0.717, 1.165) is 21.8 Å². The fourth-order valence-corrected chi connectivity index (χ4v) is 4.27. The van der Waals surface area contributed by atoms with Gasteiger partial charge in [-0.1, -0.05) is 45.2 Å². The van der Waals surface area contributed by atoms with Gasteiger partial charge < -0.3 is 4.74 Å². The molecule has 0 unspecified atom stereocenters. The van der Waals surface area contributed by atoms with Crippen molar-refractivity contribution in [3.63, 3.8) is 0 Å². The largest absolute Gasteiger partial charge is 0.488 e. The van der Waals surface area contributed by atoms with Gasteiger partial charge in [-0.05, 0) is 67.6 Å². The van der Waals surface area contributed by atoms with Crippen LogP contribution in [-0.2, 0) is 11.4 Å². The molecule has 2 aromatic rings. The molecule has 0 saturated carbocycles. The van der Waals surface area contributed by atoms with Gasteiger partial charge in [0, 0.05) is 16.1 Å². The van der Waals surface area contributed by atoms with Crippen molar-refractivity contribution in [2.24, 2.45) is 0 Å². The summed E-state index contributed by atoms with van der Waals surface area (Å²) in [6.07, 6.45) is 1.68. The lowest BCUT2D eigenvalue weighted by molar-refractivity contribution is -0.123. The van der Waals surface area contributed by atoms with Crippen molar-refractivity contribution in [2.45, 2.75) is 26.5 Å². The molecule has 0 spiro atoms. The number of imide groups is 1. The van der Waals surface area contributed by atoms with Crippen molar-refractivity contribution in [1.29, 1.82) is 0 Å². The molecule has 0 atom stereocenters. The van der Waals surface area contributed by atoms with E-state index in [0.29, 0.717) is 26.3 Å². The lowest BCUT2D eigenvalue weighted by Gasteiger charge is -2.16. The van der Waals surface area contributed by atoms with Crippen LogP contribution in [0.2, 0.25) is 10.0 Å². The van der Waals surface area contributed by atoms with Crippen molar-refractivity contribution < 1.29 is 14.3 Å². The van der Waals surface area contributed by atoms with E-state index in [1.807, 2.05) is 32.0 Å². The first kappa shape index (κ1) is 21.2. The number of nitrogens with zero attached hydrogens (tertiary/aromatic N) is 1. The number of ether oxygens (including phenoxy) is 1. The first-order chi connectivity index (χ1) is 13.3. The monoisotopic (exact) mass is 499 g/mol. The second kappa shape index (κ2) is 8.91. The molecule has 1 saturated heterocycles. The first-order valence-corrected chi connectivity index (χ1v) is 10.8. The van der Waals surface area contributed by atoms with Crippen LogP contribution in [-0.4, -0.2) is 22.1 Å². The molecule has 1 fully saturated rings. The number of hydrogen-bond acceptors (Lipinski definition) is 4. The SMILES string of the molecule is CC(C)N1C(=O)S/C(=C/c2cc(Br)ccc2OCc2ccc(Cl)c(Cl)c2)C1=O. The summed E-state index contributed by atoms with van der Waals surface area (Å²) < 4.78 is 6.77.